The predicted octanol–water partition coefficient (Wildman–Crippen LogP) is 2.27. The molecule has 2 heterocycles. The van der Waals surface area contributed by atoms with Crippen LogP contribution in [0.25, 0.3) is 0 Å². The summed E-state index contributed by atoms with van der Waals surface area (Å²) in [5, 5.41) is 10.7. The van der Waals surface area contributed by atoms with Gasteiger partial charge < -0.3 is 10.0 Å². The number of fused-ring (bicyclic) bond motifs is 1. The number of aliphatic carboxylic acids is 1. The highest BCUT2D eigenvalue weighted by atomic mass is 32.1. The van der Waals surface area contributed by atoms with Crippen molar-refractivity contribution in [1.82, 2.24) is 4.90 Å². The molecular formula is C14H16FNO3S. The summed E-state index contributed by atoms with van der Waals surface area (Å²) in [6, 6.07) is 0. The molecular weight excluding hydrogens is 281 g/mol. The molecule has 1 amide bonds. The molecule has 1 fully saturated rings. The van der Waals surface area contributed by atoms with Crippen molar-refractivity contribution in [2.24, 2.45) is 0 Å². The average Bonchev–Trinajstić information content (AvgIpc) is 3.03. The van der Waals surface area contributed by atoms with Gasteiger partial charge in [0.15, 0.2) is 0 Å². The highest BCUT2D eigenvalue weighted by Crippen LogP contribution is 2.33. The highest BCUT2D eigenvalue weighted by Gasteiger charge is 2.47. The zero-order valence-electron chi connectivity index (χ0n) is 11.0. The van der Waals surface area contributed by atoms with Gasteiger partial charge in [0, 0.05) is 23.2 Å². The third kappa shape index (κ3) is 2.12. The summed E-state index contributed by atoms with van der Waals surface area (Å²) in [5.74, 6) is -1.69. The molecule has 108 valence electrons. The predicted molar refractivity (Wildman–Crippen MR) is 73.0 cm³/mol. The summed E-state index contributed by atoms with van der Waals surface area (Å²) < 4.78 is 14.0. The Morgan fingerprint density at radius 1 is 1.35 bits per heavy atom. The van der Waals surface area contributed by atoms with Crippen molar-refractivity contribution < 1.29 is 19.1 Å². The Labute approximate surface area is 120 Å². The Kier molecular flexibility index (Phi) is 3.28. The van der Waals surface area contributed by atoms with E-state index in [4.69, 9.17) is 5.11 Å². The van der Waals surface area contributed by atoms with Crippen LogP contribution in [0, 0.1) is 0 Å². The fourth-order valence-corrected chi connectivity index (χ4v) is 4.08. The quantitative estimate of drug-likeness (QED) is 0.911. The van der Waals surface area contributed by atoms with E-state index >= 15 is 0 Å². The number of hydrogen-bond donors (Lipinski definition) is 1. The topological polar surface area (TPSA) is 57.6 Å². The Morgan fingerprint density at radius 3 is 2.80 bits per heavy atom. The van der Waals surface area contributed by atoms with Gasteiger partial charge in [-0.15, -0.1) is 11.3 Å². The molecule has 1 aromatic heterocycles. The van der Waals surface area contributed by atoms with E-state index in [1.165, 1.54) is 9.78 Å². The van der Waals surface area contributed by atoms with Gasteiger partial charge in [-0.25, -0.2) is 9.18 Å². The number of halogens is 1. The minimum absolute atomic E-state index is 0.125. The van der Waals surface area contributed by atoms with Crippen molar-refractivity contribution in [3.05, 3.63) is 21.4 Å². The maximum Gasteiger partial charge on any atom is 0.343 e. The SMILES string of the molecule is O=C(c1csc2c1CCCC2)N1CCC(F)(C(=O)O)C1. The zero-order chi connectivity index (χ0) is 14.3. The second kappa shape index (κ2) is 4.84. The van der Waals surface area contributed by atoms with Crippen molar-refractivity contribution in [2.45, 2.75) is 37.8 Å². The van der Waals surface area contributed by atoms with Crippen LogP contribution in [0.3, 0.4) is 0 Å². The second-order valence-corrected chi connectivity index (χ2v) is 6.47. The summed E-state index contributed by atoms with van der Waals surface area (Å²) in [4.78, 5) is 26.0. The van der Waals surface area contributed by atoms with Crippen LogP contribution < -0.4 is 0 Å². The largest absolute Gasteiger partial charge is 0.479 e. The first-order valence-corrected chi connectivity index (χ1v) is 7.70. The zero-order valence-corrected chi connectivity index (χ0v) is 11.8. The monoisotopic (exact) mass is 297 g/mol. The van der Waals surface area contributed by atoms with Crippen molar-refractivity contribution in [3.63, 3.8) is 0 Å². The van der Waals surface area contributed by atoms with E-state index in [1.807, 2.05) is 5.38 Å². The van der Waals surface area contributed by atoms with E-state index in [0.29, 0.717) is 5.56 Å². The lowest BCUT2D eigenvalue weighted by Gasteiger charge is -2.19. The van der Waals surface area contributed by atoms with Gasteiger partial charge in [-0.2, -0.15) is 0 Å². The standard InChI is InChI=1S/C14H16FNO3S/c15-14(13(18)19)5-6-16(8-14)12(17)10-7-20-11-4-2-1-3-9(10)11/h7H,1-6,8H2,(H,18,19). The number of thiophene rings is 1. The Bertz CT molecular complexity index is 571. The number of carboxylic acid groups (broad SMARTS) is 1. The fourth-order valence-electron chi connectivity index (χ4n) is 2.96. The van der Waals surface area contributed by atoms with E-state index in [-0.39, 0.29) is 25.4 Å². The van der Waals surface area contributed by atoms with E-state index in [9.17, 15) is 14.0 Å². The van der Waals surface area contributed by atoms with Crippen LogP contribution in [0.2, 0.25) is 0 Å². The van der Waals surface area contributed by atoms with Crippen LogP contribution in [0.15, 0.2) is 5.38 Å². The third-order valence-corrected chi connectivity index (χ3v) is 5.27. The molecule has 20 heavy (non-hydrogen) atoms. The summed E-state index contributed by atoms with van der Waals surface area (Å²) >= 11 is 1.59. The normalized spacial score (nSPS) is 25.6. The number of rotatable bonds is 2. The van der Waals surface area contributed by atoms with E-state index in [0.717, 1.165) is 31.2 Å². The number of carbonyl (C=O) groups excluding carboxylic acids is 1. The van der Waals surface area contributed by atoms with E-state index < -0.39 is 11.6 Å². The second-order valence-electron chi connectivity index (χ2n) is 5.51. The molecule has 3 rings (SSSR count). The molecule has 0 aromatic carbocycles. The molecule has 0 saturated carbocycles. The lowest BCUT2D eigenvalue weighted by Crippen LogP contribution is -2.39. The Hall–Kier alpha value is -1.43. The number of hydrogen-bond acceptors (Lipinski definition) is 3. The molecule has 1 aliphatic heterocycles. The summed E-state index contributed by atoms with van der Waals surface area (Å²) in [6.45, 7) is -0.169. The van der Waals surface area contributed by atoms with Crippen LogP contribution >= 0.6 is 11.3 Å². The number of nitrogens with zero attached hydrogens (tertiary/aromatic N) is 1. The van der Waals surface area contributed by atoms with E-state index in [2.05, 4.69) is 0 Å². The van der Waals surface area contributed by atoms with Crippen LogP contribution in [-0.2, 0) is 17.6 Å². The summed E-state index contributed by atoms with van der Waals surface area (Å²) in [5.41, 5.74) is -0.538. The number of aryl methyl sites for hydroxylation is 1. The first kappa shape index (κ1) is 13.5. The number of carboxylic acids is 1. The fraction of sp³-hybridized carbons (Fsp3) is 0.571. The van der Waals surface area contributed by atoms with Gasteiger partial charge >= 0.3 is 5.97 Å². The number of likely N-dealkylation sites (tertiary alicyclic amines) is 1. The molecule has 2 aliphatic rings. The van der Waals surface area contributed by atoms with Gasteiger partial charge in [0.2, 0.25) is 5.67 Å². The first-order chi connectivity index (χ1) is 9.51. The van der Waals surface area contributed by atoms with Crippen LogP contribution in [0.1, 0.15) is 40.1 Å². The number of alkyl halides is 1. The van der Waals surface area contributed by atoms with Gasteiger partial charge in [-0.3, -0.25) is 4.79 Å². The van der Waals surface area contributed by atoms with Gasteiger partial charge in [0.05, 0.1) is 12.1 Å². The van der Waals surface area contributed by atoms with Crippen LogP contribution in [-0.4, -0.2) is 40.6 Å². The van der Waals surface area contributed by atoms with Crippen molar-refractivity contribution in [1.29, 1.82) is 0 Å². The molecule has 0 bridgehead atoms. The Morgan fingerprint density at radius 2 is 2.10 bits per heavy atom. The van der Waals surface area contributed by atoms with Crippen molar-refractivity contribution in [2.75, 3.05) is 13.1 Å². The molecule has 1 N–H and O–H groups in total. The van der Waals surface area contributed by atoms with Crippen molar-refractivity contribution >= 4 is 23.2 Å². The molecule has 6 heteroatoms. The number of amides is 1. The maximum atomic E-state index is 14.0. The average molecular weight is 297 g/mol. The van der Waals surface area contributed by atoms with Crippen LogP contribution in [0.5, 0.6) is 0 Å². The molecule has 4 nitrogen and oxygen atoms in total. The molecule has 1 saturated heterocycles. The highest BCUT2D eigenvalue weighted by molar-refractivity contribution is 7.10. The molecule has 0 spiro atoms. The lowest BCUT2D eigenvalue weighted by molar-refractivity contribution is -0.149. The van der Waals surface area contributed by atoms with Gasteiger partial charge in [0.1, 0.15) is 0 Å². The summed E-state index contributed by atoms with van der Waals surface area (Å²) in [7, 11) is 0. The van der Waals surface area contributed by atoms with Gasteiger partial charge in [0.25, 0.3) is 5.91 Å². The van der Waals surface area contributed by atoms with E-state index in [1.54, 1.807) is 11.3 Å². The van der Waals surface area contributed by atoms with Gasteiger partial charge in [-0.05, 0) is 31.2 Å². The van der Waals surface area contributed by atoms with Gasteiger partial charge in [-0.1, -0.05) is 0 Å². The Balaban J connectivity index is 1.81. The maximum absolute atomic E-state index is 14.0. The van der Waals surface area contributed by atoms with Crippen molar-refractivity contribution in [3.8, 4) is 0 Å². The molecule has 1 unspecified atom stereocenters. The molecule has 1 aliphatic carbocycles. The van der Waals surface area contributed by atoms with Crippen LogP contribution in [0.4, 0.5) is 4.39 Å². The lowest BCUT2D eigenvalue weighted by atomic mass is 9.95. The minimum atomic E-state index is -2.29. The molecule has 0 radical (unpaired) electrons. The summed E-state index contributed by atoms with van der Waals surface area (Å²) in [6.07, 6.45) is 4.01. The third-order valence-electron chi connectivity index (χ3n) is 4.18. The molecule has 1 atom stereocenters. The smallest absolute Gasteiger partial charge is 0.343 e. The first-order valence-electron chi connectivity index (χ1n) is 6.82. The number of carbonyl (C=O) groups is 2. The minimum Gasteiger partial charge on any atom is -0.479 e. The molecule has 1 aromatic rings.